The average molecular weight is 303 g/mol. The SMILES string of the molecule is Cc1cc(F)ccc1N1CCCC(NC(=O)C(C)(C)C#N)C1. The largest absolute Gasteiger partial charge is 0.369 e. The summed E-state index contributed by atoms with van der Waals surface area (Å²) in [6, 6.07) is 6.81. The summed E-state index contributed by atoms with van der Waals surface area (Å²) in [5, 5.41) is 12.0. The molecule has 1 fully saturated rings. The van der Waals surface area contributed by atoms with E-state index < -0.39 is 5.41 Å². The maximum atomic E-state index is 13.2. The fourth-order valence-corrected chi connectivity index (χ4v) is 2.70. The van der Waals surface area contributed by atoms with Gasteiger partial charge in [0.1, 0.15) is 11.2 Å². The van der Waals surface area contributed by atoms with Crippen LogP contribution in [0, 0.1) is 29.5 Å². The smallest absolute Gasteiger partial charge is 0.240 e. The van der Waals surface area contributed by atoms with Crippen LogP contribution in [0.4, 0.5) is 10.1 Å². The lowest BCUT2D eigenvalue weighted by atomic mass is 9.93. The number of amides is 1. The molecular weight excluding hydrogens is 281 g/mol. The van der Waals surface area contributed by atoms with Crippen molar-refractivity contribution in [3.05, 3.63) is 29.6 Å². The average Bonchev–Trinajstić information content (AvgIpc) is 2.47. The molecule has 1 amide bonds. The van der Waals surface area contributed by atoms with Crippen LogP contribution < -0.4 is 10.2 Å². The Morgan fingerprint density at radius 1 is 1.50 bits per heavy atom. The first-order valence-electron chi connectivity index (χ1n) is 7.57. The zero-order valence-electron chi connectivity index (χ0n) is 13.3. The maximum absolute atomic E-state index is 13.2. The van der Waals surface area contributed by atoms with Gasteiger partial charge in [0, 0.05) is 24.8 Å². The van der Waals surface area contributed by atoms with E-state index in [9.17, 15) is 9.18 Å². The van der Waals surface area contributed by atoms with Crippen LogP contribution in [0.2, 0.25) is 0 Å². The van der Waals surface area contributed by atoms with E-state index in [4.69, 9.17) is 5.26 Å². The van der Waals surface area contributed by atoms with E-state index in [2.05, 4.69) is 10.2 Å². The van der Waals surface area contributed by atoms with E-state index >= 15 is 0 Å². The molecule has 0 aliphatic carbocycles. The lowest BCUT2D eigenvalue weighted by molar-refractivity contribution is -0.127. The summed E-state index contributed by atoms with van der Waals surface area (Å²) in [4.78, 5) is 14.3. The monoisotopic (exact) mass is 303 g/mol. The number of halogens is 1. The molecule has 0 radical (unpaired) electrons. The summed E-state index contributed by atoms with van der Waals surface area (Å²) in [6.45, 7) is 6.69. The zero-order valence-corrected chi connectivity index (χ0v) is 13.3. The first-order chi connectivity index (χ1) is 10.3. The summed E-state index contributed by atoms with van der Waals surface area (Å²) in [6.07, 6.45) is 1.85. The molecule has 1 aliphatic heterocycles. The van der Waals surface area contributed by atoms with Crippen molar-refractivity contribution in [1.29, 1.82) is 5.26 Å². The molecule has 0 spiro atoms. The van der Waals surface area contributed by atoms with E-state index in [1.807, 2.05) is 13.0 Å². The molecule has 118 valence electrons. The fraction of sp³-hybridized carbons (Fsp3) is 0.529. The molecule has 1 heterocycles. The molecule has 1 aliphatic rings. The molecule has 1 aromatic carbocycles. The maximum Gasteiger partial charge on any atom is 0.240 e. The third-order valence-electron chi connectivity index (χ3n) is 4.10. The van der Waals surface area contributed by atoms with Crippen molar-refractivity contribution in [2.24, 2.45) is 5.41 Å². The van der Waals surface area contributed by atoms with E-state index in [-0.39, 0.29) is 17.8 Å². The number of nitrogens with one attached hydrogen (secondary N) is 1. The van der Waals surface area contributed by atoms with Gasteiger partial charge in [0.2, 0.25) is 5.91 Å². The van der Waals surface area contributed by atoms with Crippen LogP contribution >= 0.6 is 0 Å². The van der Waals surface area contributed by atoms with Gasteiger partial charge in [-0.05, 0) is 57.4 Å². The summed E-state index contributed by atoms with van der Waals surface area (Å²) in [5.41, 5.74) is 0.873. The van der Waals surface area contributed by atoms with Gasteiger partial charge in [-0.25, -0.2) is 4.39 Å². The van der Waals surface area contributed by atoms with Crippen molar-refractivity contribution in [3.63, 3.8) is 0 Å². The van der Waals surface area contributed by atoms with Crippen LogP contribution in [0.1, 0.15) is 32.3 Å². The number of aryl methyl sites for hydroxylation is 1. The highest BCUT2D eigenvalue weighted by Crippen LogP contribution is 2.25. The predicted octanol–water partition coefficient (Wildman–Crippen LogP) is 2.77. The standard InChI is InChI=1S/C17H22FN3O/c1-12-9-13(18)6-7-15(12)21-8-4-5-14(10-21)20-16(22)17(2,3)11-19/h6-7,9,14H,4-5,8,10H2,1-3H3,(H,20,22). The van der Waals surface area contributed by atoms with E-state index in [0.29, 0.717) is 6.54 Å². The Kier molecular flexibility index (Phi) is 4.70. The molecule has 1 aromatic rings. The van der Waals surface area contributed by atoms with Gasteiger partial charge in [-0.1, -0.05) is 0 Å². The first kappa shape index (κ1) is 16.3. The van der Waals surface area contributed by atoms with Crippen LogP contribution in [-0.4, -0.2) is 25.0 Å². The third-order valence-corrected chi connectivity index (χ3v) is 4.10. The second-order valence-corrected chi connectivity index (χ2v) is 6.43. The van der Waals surface area contributed by atoms with Gasteiger partial charge in [-0.15, -0.1) is 0 Å². The molecule has 2 rings (SSSR count). The Morgan fingerprint density at radius 3 is 2.86 bits per heavy atom. The molecule has 1 N–H and O–H groups in total. The normalized spacial score (nSPS) is 18.7. The van der Waals surface area contributed by atoms with Crippen molar-refractivity contribution < 1.29 is 9.18 Å². The second kappa shape index (κ2) is 6.35. The number of hydrogen-bond donors (Lipinski definition) is 1. The number of hydrogen-bond acceptors (Lipinski definition) is 3. The number of nitriles is 1. The molecule has 1 atom stereocenters. The van der Waals surface area contributed by atoms with Crippen LogP contribution in [0.5, 0.6) is 0 Å². The number of carbonyl (C=O) groups excluding carboxylic acids is 1. The predicted molar refractivity (Wildman–Crippen MR) is 83.9 cm³/mol. The van der Waals surface area contributed by atoms with Gasteiger partial charge in [0.25, 0.3) is 0 Å². The summed E-state index contributed by atoms with van der Waals surface area (Å²) in [7, 11) is 0. The van der Waals surface area contributed by atoms with Crippen molar-refractivity contribution in [1.82, 2.24) is 5.32 Å². The van der Waals surface area contributed by atoms with Crippen LogP contribution in [-0.2, 0) is 4.79 Å². The number of nitrogens with zero attached hydrogens (tertiary/aromatic N) is 2. The van der Waals surface area contributed by atoms with Gasteiger partial charge in [-0.3, -0.25) is 4.79 Å². The highest BCUT2D eigenvalue weighted by atomic mass is 19.1. The number of benzene rings is 1. The van der Waals surface area contributed by atoms with Crippen molar-refractivity contribution in [2.45, 2.75) is 39.7 Å². The first-order valence-corrected chi connectivity index (χ1v) is 7.57. The minimum atomic E-state index is -1.02. The molecule has 0 bridgehead atoms. The molecule has 0 aromatic heterocycles. The topological polar surface area (TPSA) is 56.1 Å². The van der Waals surface area contributed by atoms with Crippen molar-refractivity contribution >= 4 is 11.6 Å². The Bertz CT molecular complexity index is 606. The Morgan fingerprint density at radius 2 is 2.23 bits per heavy atom. The third kappa shape index (κ3) is 3.56. The Balaban J connectivity index is 2.06. The van der Waals surface area contributed by atoms with E-state index in [1.165, 1.54) is 12.1 Å². The molecule has 0 saturated carbocycles. The van der Waals surface area contributed by atoms with Crippen LogP contribution in [0.25, 0.3) is 0 Å². The molecule has 5 heteroatoms. The molecule has 22 heavy (non-hydrogen) atoms. The highest BCUT2D eigenvalue weighted by Gasteiger charge is 2.30. The van der Waals surface area contributed by atoms with Gasteiger partial charge >= 0.3 is 0 Å². The number of rotatable bonds is 3. The molecular formula is C17H22FN3O. The van der Waals surface area contributed by atoms with E-state index in [0.717, 1.165) is 30.6 Å². The lowest BCUT2D eigenvalue weighted by Crippen LogP contribution is -2.50. The van der Waals surface area contributed by atoms with Crippen LogP contribution in [0.15, 0.2) is 18.2 Å². The van der Waals surface area contributed by atoms with Gasteiger partial charge in [-0.2, -0.15) is 5.26 Å². The number of piperidine rings is 1. The summed E-state index contributed by atoms with van der Waals surface area (Å²) >= 11 is 0. The molecule has 1 saturated heterocycles. The Hall–Kier alpha value is -2.09. The minimum absolute atomic E-state index is 0.0123. The van der Waals surface area contributed by atoms with Crippen molar-refractivity contribution in [3.8, 4) is 6.07 Å². The summed E-state index contributed by atoms with van der Waals surface area (Å²) in [5.74, 6) is -0.475. The quantitative estimate of drug-likeness (QED) is 0.934. The molecule has 4 nitrogen and oxygen atoms in total. The van der Waals surface area contributed by atoms with Crippen molar-refractivity contribution in [2.75, 3.05) is 18.0 Å². The second-order valence-electron chi connectivity index (χ2n) is 6.43. The highest BCUT2D eigenvalue weighted by molar-refractivity contribution is 5.84. The number of carbonyl (C=O) groups is 1. The van der Waals surface area contributed by atoms with E-state index in [1.54, 1.807) is 19.9 Å². The Labute approximate surface area is 130 Å². The lowest BCUT2D eigenvalue weighted by Gasteiger charge is -2.36. The van der Waals surface area contributed by atoms with Gasteiger partial charge in [0.15, 0.2) is 0 Å². The molecule has 1 unspecified atom stereocenters. The minimum Gasteiger partial charge on any atom is -0.369 e. The number of anilines is 1. The summed E-state index contributed by atoms with van der Waals surface area (Å²) < 4.78 is 13.2. The zero-order chi connectivity index (χ0) is 16.3. The van der Waals surface area contributed by atoms with Gasteiger partial charge < -0.3 is 10.2 Å². The van der Waals surface area contributed by atoms with Crippen LogP contribution in [0.3, 0.4) is 0 Å². The van der Waals surface area contributed by atoms with Gasteiger partial charge in [0.05, 0.1) is 6.07 Å². The fourth-order valence-electron chi connectivity index (χ4n) is 2.70.